The molecule has 0 bridgehead atoms. The van der Waals surface area contributed by atoms with E-state index in [4.69, 9.17) is 0 Å². The monoisotopic (exact) mass is 541 g/mol. The van der Waals surface area contributed by atoms with Crippen molar-refractivity contribution >= 4 is 34.5 Å². The van der Waals surface area contributed by atoms with Crippen LogP contribution in [0.25, 0.3) is 6.08 Å². The van der Waals surface area contributed by atoms with Crippen LogP contribution >= 0.6 is 22.6 Å². The smallest absolute Gasteiger partial charge is 0.185 e. The number of halogens is 1. The average Bonchev–Trinajstić information content (AvgIpc) is 3.15. The highest BCUT2D eigenvalue weighted by atomic mass is 127. The summed E-state index contributed by atoms with van der Waals surface area (Å²) in [5.41, 5.74) is 2.94. The molecule has 2 aliphatic rings. The number of fused-ring (bicyclic) bond motifs is 3. The third-order valence-electron chi connectivity index (χ3n) is 6.79. The molecular formula is C28H20IN3O. The van der Waals surface area contributed by atoms with Crippen LogP contribution in [-0.4, -0.2) is 16.7 Å². The van der Waals surface area contributed by atoms with Gasteiger partial charge in [-0.2, -0.15) is 10.5 Å². The number of rotatable bonds is 3. The quantitative estimate of drug-likeness (QED) is 0.301. The fraction of sp³-hybridized carbons (Fsp3) is 0.179. The normalized spacial score (nSPS) is 22.1. The van der Waals surface area contributed by atoms with Gasteiger partial charge >= 0.3 is 0 Å². The summed E-state index contributed by atoms with van der Waals surface area (Å²) in [4.78, 5) is 16.0. The Kier molecular flexibility index (Phi) is 5.31. The molecule has 5 rings (SSSR count). The molecule has 0 spiro atoms. The van der Waals surface area contributed by atoms with Gasteiger partial charge in [0.05, 0.1) is 18.2 Å². The van der Waals surface area contributed by atoms with Gasteiger partial charge in [-0.1, -0.05) is 72.3 Å². The fourth-order valence-corrected chi connectivity index (χ4v) is 5.98. The number of carbonyl (C=O) groups excluding carboxylic acids is 1. The molecule has 4 nitrogen and oxygen atoms in total. The van der Waals surface area contributed by atoms with Crippen molar-refractivity contribution in [2.75, 3.05) is 0 Å². The summed E-state index contributed by atoms with van der Waals surface area (Å²) < 4.78 is 0.939. The first-order valence-electron chi connectivity index (χ1n) is 10.7. The van der Waals surface area contributed by atoms with Crippen LogP contribution in [0.3, 0.4) is 0 Å². The minimum atomic E-state index is -1.44. The van der Waals surface area contributed by atoms with Gasteiger partial charge in [0.15, 0.2) is 11.2 Å². The first kappa shape index (κ1) is 21.4. The van der Waals surface area contributed by atoms with Crippen LogP contribution in [0.4, 0.5) is 0 Å². The fourth-order valence-electron chi connectivity index (χ4n) is 5.25. The van der Waals surface area contributed by atoms with E-state index >= 15 is 0 Å². The Labute approximate surface area is 206 Å². The standard InChI is InChI=1S/C28H20IN3O/c1-18-10-12-20(13-11-18)26(33)25-24(22-8-4-5-9-23(22)29)28(16-30,17-31)27-21-7-3-2-6-19(21)14-15-32(25)27/h2-15,24-25,27H,1H3/t24-,25+,27+/m0/s1. The topological polar surface area (TPSA) is 67.9 Å². The molecule has 0 N–H and O–H groups in total. The van der Waals surface area contributed by atoms with E-state index in [0.29, 0.717) is 5.56 Å². The summed E-state index contributed by atoms with van der Waals surface area (Å²) in [6, 6.07) is 26.6. The maximum absolute atomic E-state index is 14.0. The Balaban J connectivity index is 1.79. The first-order valence-corrected chi connectivity index (χ1v) is 11.8. The highest BCUT2D eigenvalue weighted by Crippen LogP contribution is 2.60. The van der Waals surface area contributed by atoms with Crippen LogP contribution < -0.4 is 0 Å². The molecule has 5 heteroatoms. The van der Waals surface area contributed by atoms with Crippen LogP contribution in [0, 0.1) is 38.6 Å². The summed E-state index contributed by atoms with van der Waals surface area (Å²) in [7, 11) is 0. The second-order valence-corrected chi connectivity index (χ2v) is 9.72. The van der Waals surface area contributed by atoms with Crippen molar-refractivity contribution in [1.29, 1.82) is 10.5 Å². The second kappa shape index (κ2) is 8.17. The zero-order valence-electron chi connectivity index (χ0n) is 17.9. The number of Topliss-reactive ketones (excluding diaryl/α,β-unsaturated/α-hetero) is 1. The van der Waals surface area contributed by atoms with E-state index in [1.807, 2.05) is 96.9 Å². The molecule has 0 amide bonds. The highest BCUT2D eigenvalue weighted by molar-refractivity contribution is 14.1. The van der Waals surface area contributed by atoms with Crippen LogP contribution in [0.1, 0.15) is 44.6 Å². The third kappa shape index (κ3) is 3.19. The van der Waals surface area contributed by atoms with E-state index in [2.05, 4.69) is 34.7 Å². The van der Waals surface area contributed by atoms with Crippen molar-refractivity contribution in [2.24, 2.45) is 5.41 Å². The number of hydrogen-bond acceptors (Lipinski definition) is 4. The summed E-state index contributed by atoms with van der Waals surface area (Å²) in [6.45, 7) is 1.98. The maximum atomic E-state index is 14.0. The minimum Gasteiger partial charge on any atom is -0.357 e. The lowest BCUT2D eigenvalue weighted by Gasteiger charge is -2.34. The molecule has 2 aliphatic heterocycles. The number of hydrogen-bond donors (Lipinski definition) is 0. The Hall–Kier alpha value is -3.42. The average molecular weight is 541 g/mol. The van der Waals surface area contributed by atoms with Gasteiger partial charge in [-0.05, 0) is 58.3 Å². The summed E-state index contributed by atoms with van der Waals surface area (Å²) in [6.07, 6.45) is 3.86. The Bertz CT molecular complexity index is 1350. The molecule has 1 fully saturated rings. The summed E-state index contributed by atoms with van der Waals surface area (Å²) in [5, 5.41) is 21.1. The Morgan fingerprint density at radius 3 is 2.24 bits per heavy atom. The molecule has 160 valence electrons. The van der Waals surface area contributed by atoms with E-state index in [9.17, 15) is 15.3 Å². The van der Waals surface area contributed by atoms with Gasteiger partial charge in [0.25, 0.3) is 0 Å². The number of benzene rings is 3. The van der Waals surface area contributed by atoms with E-state index in [0.717, 1.165) is 25.8 Å². The van der Waals surface area contributed by atoms with Crippen molar-refractivity contribution in [1.82, 2.24) is 4.90 Å². The van der Waals surface area contributed by atoms with Crippen molar-refractivity contribution in [3.63, 3.8) is 0 Å². The molecule has 0 unspecified atom stereocenters. The van der Waals surface area contributed by atoms with Gasteiger partial charge in [-0.15, -0.1) is 0 Å². The van der Waals surface area contributed by atoms with Gasteiger partial charge in [-0.25, -0.2) is 0 Å². The lowest BCUT2D eigenvalue weighted by molar-refractivity contribution is 0.0874. The van der Waals surface area contributed by atoms with Crippen molar-refractivity contribution in [3.05, 3.63) is 110 Å². The lowest BCUT2D eigenvalue weighted by Crippen LogP contribution is -2.38. The van der Waals surface area contributed by atoms with Crippen LogP contribution in [-0.2, 0) is 0 Å². The zero-order valence-corrected chi connectivity index (χ0v) is 20.1. The molecule has 1 saturated heterocycles. The summed E-state index contributed by atoms with van der Waals surface area (Å²) in [5.74, 6) is -0.698. The number of nitriles is 2. The van der Waals surface area contributed by atoms with Crippen LogP contribution in [0.15, 0.2) is 79.0 Å². The Morgan fingerprint density at radius 1 is 0.939 bits per heavy atom. The number of ketones is 1. The first-order chi connectivity index (χ1) is 16.0. The molecule has 3 atom stereocenters. The number of carbonyl (C=O) groups is 1. The number of nitrogens with zero attached hydrogens (tertiary/aromatic N) is 3. The van der Waals surface area contributed by atoms with Crippen molar-refractivity contribution in [3.8, 4) is 12.1 Å². The maximum Gasteiger partial charge on any atom is 0.185 e. The van der Waals surface area contributed by atoms with E-state index in [1.165, 1.54) is 0 Å². The predicted molar refractivity (Wildman–Crippen MR) is 135 cm³/mol. The molecule has 0 saturated carbocycles. The molecule has 2 heterocycles. The predicted octanol–water partition coefficient (Wildman–Crippen LogP) is 6.01. The third-order valence-corrected chi connectivity index (χ3v) is 7.77. The Morgan fingerprint density at radius 2 is 1.58 bits per heavy atom. The molecule has 3 aromatic carbocycles. The molecule has 0 radical (unpaired) electrons. The molecule has 3 aromatic rings. The molecule has 0 aliphatic carbocycles. The minimum absolute atomic E-state index is 0.0824. The van der Waals surface area contributed by atoms with Crippen LogP contribution in [0.5, 0.6) is 0 Å². The van der Waals surface area contributed by atoms with Gasteiger partial charge in [0, 0.05) is 21.3 Å². The largest absolute Gasteiger partial charge is 0.357 e. The van der Waals surface area contributed by atoms with E-state index < -0.39 is 23.4 Å². The van der Waals surface area contributed by atoms with Gasteiger partial charge in [0.2, 0.25) is 0 Å². The van der Waals surface area contributed by atoms with E-state index in [1.54, 1.807) is 0 Å². The van der Waals surface area contributed by atoms with Crippen LogP contribution in [0.2, 0.25) is 0 Å². The van der Waals surface area contributed by atoms with E-state index in [-0.39, 0.29) is 5.78 Å². The SMILES string of the molecule is Cc1ccc(C(=O)[C@H]2[C@H](c3ccccc3I)C(C#N)(C#N)[C@H]3c4ccccc4C=CN23)cc1. The van der Waals surface area contributed by atoms with Gasteiger partial charge in [-0.3, -0.25) is 4.79 Å². The number of aryl methyl sites for hydroxylation is 1. The van der Waals surface area contributed by atoms with Crippen molar-refractivity contribution in [2.45, 2.75) is 24.9 Å². The van der Waals surface area contributed by atoms with Crippen molar-refractivity contribution < 1.29 is 4.79 Å². The highest BCUT2D eigenvalue weighted by Gasteiger charge is 2.64. The van der Waals surface area contributed by atoms with Gasteiger partial charge in [0.1, 0.15) is 6.04 Å². The zero-order chi connectivity index (χ0) is 23.2. The van der Waals surface area contributed by atoms with Gasteiger partial charge < -0.3 is 4.90 Å². The summed E-state index contributed by atoms with van der Waals surface area (Å²) >= 11 is 2.24. The molecular weight excluding hydrogens is 521 g/mol. The lowest BCUT2D eigenvalue weighted by atomic mass is 9.67. The molecule has 0 aromatic heterocycles. The molecule has 33 heavy (non-hydrogen) atoms. The second-order valence-electron chi connectivity index (χ2n) is 8.56.